The standard InChI is InChI=1S/C12H15BrClNO/c1-3-11(13)12(16)15(2)8-9-5-4-6-10(14)7-9/h4-7,11H,3,8H2,1-2H3. The Morgan fingerprint density at radius 2 is 2.25 bits per heavy atom. The normalized spacial score (nSPS) is 12.2. The number of amides is 1. The summed E-state index contributed by atoms with van der Waals surface area (Å²) in [6.45, 7) is 2.56. The van der Waals surface area contributed by atoms with E-state index >= 15 is 0 Å². The van der Waals surface area contributed by atoms with Crippen LogP contribution in [0.1, 0.15) is 18.9 Å². The number of nitrogens with zero attached hydrogens (tertiary/aromatic N) is 1. The maximum atomic E-state index is 11.8. The molecule has 16 heavy (non-hydrogen) atoms. The van der Waals surface area contributed by atoms with Crippen molar-refractivity contribution in [2.45, 2.75) is 24.7 Å². The van der Waals surface area contributed by atoms with Gasteiger partial charge in [0.25, 0.3) is 0 Å². The molecule has 2 nitrogen and oxygen atoms in total. The van der Waals surface area contributed by atoms with Gasteiger partial charge < -0.3 is 4.90 Å². The minimum Gasteiger partial charge on any atom is -0.340 e. The second-order valence-corrected chi connectivity index (χ2v) is 5.24. The minimum atomic E-state index is -0.100. The number of carbonyl (C=O) groups excluding carboxylic acids is 1. The number of benzene rings is 1. The molecule has 0 radical (unpaired) electrons. The molecule has 88 valence electrons. The average Bonchev–Trinajstić information content (AvgIpc) is 2.27. The average molecular weight is 305 g/mol. The van der Waals surface area contributed by atoms with Crippen molar-refractivity contribution in [2.24, 2.45) is 0 Å². The van der Waals surface area contributed by atoms with E-state index in [1.54, 1.807) is 11.9 Å². The van der Waals surface area contributed by atoms with Gasteiger partial charge >= 0.3 is 0 Å². The van der Waals surface area contributed by atoms with E-state index in [9.17, 15) is 4.79 Å². The molecule has 0 aliphatic rings. The first kappa shape index (κ1) is 13.5. The van der Waals surface area contributed by atoms with Crippen molar-refractivity contribution in [1.82, 2.24) is 4.90 Å². The first-order valence-corrected chi connectivity index (χ1v) is 6.47. The van der Waals surface area contributed by atoms with Crippen molar-refractivity contribution < 1.29 is 4.79 Å². The van der Waals surface area contributed by atoms with E-state index in [0.29, 0.717) is 11.6 Å². The second kappa shape index (κ2) is 6.26. The Kier molecular flexibility index (Phi) is 5.29. The Labute approximate surface area is 110 Å². The summed E-state index contributed by atoms with van der Waals surface area (Å²) in [5, 5.41) is 0.698. The molecule has 0 fully saturated rings. The van der Waals surface area contributed by atoms with Crippen molar-refractivity contribution in [3.05, 3.63) is 34.9 Å². The highest BCUT2D eigenvalue weighted by Gasteiger charge is 2.17. The summed E-state index contributed by atoms with van der Waals surface area (Å²) in [4.78, 5) is 13.4. The molecule has 0 bridgehead atoms. The van der Waals surface area contributed by atoms with Crippen LogP contribution in [-0.4, -0.2) is 22.7 Å². The summed E-state index contributed by atoms with van der Waals surface area (Å²) in [5.41, 5.74) is 1.04. The molecule has 1 aromatic carbocycles. The third kappa shape index (κ3) is 3.80. The number of hydrogen-bond donors (Lipinski definition) is 0. The van der Waals surface area contributed by atoms with Gasteiger partial charge in [0.15, 0.2) is 0 Å². The van der Waals surface area contributed by atoms with Gasteiger partial charge in [-0.25, -0.2) is 0 Å². The zero-order valence-corrected chi connectivity index (χ0v) is 11.8. The van der Waals surface area contributed by atoms with Gasteiger partial charge in [-0.05, 0) is 24.1 Å². The molecule has 1 atom stereocenters. The van der Waals surface area contributed by atoms with E-state index in [1.165, 1.54) is 0 Å². The zero-order valence-electron chi connectivity index (χ0n) is 9.41. The topological polar surface area (TPSA) is 20.3 Å². The van der Waals surface area contributed by atoms with E-state index in [2.05, 4.69) is 15.9 Å². The Bertz CT molecular complexity index is 370. The van der Waals surface area contributed by atoms with Crippen molar-refractivity contribution >= 4 is 33.4 Å². The van der Waals surface area contributed by atoms with Crippen LogP contribution in [0.3, 0.4) is 0 Å². The molecule has 1 aromatic rings. The van der Waals surface area contributed by atoms with Crippen LogP contribution in [0.25, 0.3) is 0 Å². The van der Waals surface area contributed by atoms with Crippen molar-refractivity contribution in [1.29, 1.82) is 0 Å². The van der Waals surface area contributed by atoms with Gasteiger partial charge in [0.2, 0.25) is 5.91 Å². The lowest BCUT2D eigenvalue weighted by Gasteiger charge is -2.19. The third-order valence-electron chi connectivity index (χ3n) is 2.31. The Balaban J connectivity index is 2.64. The van der Waals surface area contributed by atoms with Gasteiger partial charge in [-0.2, -0.15) is 0 Å². The summed E-state index contributed by atoms with van der Waals surface area (Å²) >= 11 is 9.24. The zero-order chi connectivity index (χ0) is 12.1. The maximum absolute atomic E-state index is 11.8. The summed E-state index contributed by atoms with van der Waals surface area (Å²) in [6, 6.07) is 7.55. The molecule has 0 saturated carbocycles. The van der Waals surface area contributed by atoms with Crippen LogP contribution in [0.5, 0.6) is 0 Å². The van der Waals surface area contributed by atoms with Gasteiger partial charge in [-0.15, -0.1) is 0 Å². The quantitative estimate of drug-likeness (QED) is 0.780. The van der Waals surface area contributed by atoms with Crippen LogP contribution in [0.4, 0.5) is 0 Å². The molecule has 0 aromatic heterocycles. The van der Waals surface area contributed by atoms with Gasteiger partial charge in [-0.1, -0.05) is 46.6 Å². The predicted molar refractivity (Wildman–Crippen MR) is 70.9 cm³/mol. The molecule has 4 heteroatoms. The van der Waals surface area contributed by atoms with Crippen LogP contribution < -0.4 is 0 Å². The minimum absolute atomic E-state index is 0.0995. The smallest absolute Gasteiger partial charge is 0.236 e. The fraction of sp³-hybridized carbons (Fsp3) is 0.417. The fourth-order valence-electron chi connectivity index (χ4n) is 1.40. The van der Waals surface area contributed by atoms with Crippen LogP contribution in [-0.2, 0) is 11.3 Å². The highest BCUT2D eigenvalue weighted by Crippen LogP contribution is 2.14. The molecule has 1 unspecified atom stereocenters. The van der Waals surface area contributed by atoms with Gasteiger partial charge in [0.05, 0.1) is 4.83 Å². The molecule has 0 aliphatic heterocycles. The monoisotopic (exact) mass is 303 g/mol. The van der Waals surface area contributed by atoms with E-state index in [-0.39, 0.29) is 10.7 Å². The first-order valence-electron chi connectivity index (χ1n) is 5.18. The highest BCUT2D eigenvalue weighted by atomic mass is 79.9. The van der Waals surface area contributed by atoms with Crippen LogP contribution in [0, 0.1) is 0 Å². The van der Waals surface area contributed by atoms with E-state index in [0.717, 1.165) is 12.0 Å². The van der Waals surface area contributed by atoms with Crippen molar-refractivity contribution in [2.75, 3.05) is 7.05 Å². The summed E-state index contributed by atoms with van der Waals surface area (Å²) in [6.07, 6.45) is 0.790. The van der Waals surface area contributed by atoms with Crippen LogP contribution >= 0.6 is 27.5 Å². The number of halogens is 2. The highest BCUT2D eigenvalue weighted by molar-refractivity contribution is 9.10. The van der Waals surface area contributed by atoms with Gasteiger partial charge in [-0.3, -0.25) is 4.79 Å². The summed E-state index contributed by atoms with van der Waals surface area (Å²) < 4.78 is 0. The molecule has 1 rings (SSSR count). The van der Waals surface area contributed by atoms with E-state index in [4.69, 9.17) is 11.6 Å². The lowest BCUT2D eigenvalue weighted by Crippen LogP contribution is -2.32. The number of carbonyl (C=O) groups is 1. The third-order valence-corrected chi connectivity index (χ3v) is 3.59. The Morgan fingerprint density at radius 1 is 1.56 bits per heavy atom. The summed E-state index contributed by atoms with van der Waals surface area (Å²) in [7, 11) is 1.80. The molecular weight excluding hydrogens is 289 g/mol. The molecule has 0 spiro atoms. The van der Waals surface area contributed by atoms with E-state index in [1.807, 2.05) is 31.2 Å². The number of alkyl halides is 1. The first-order chi connectivity index (χ1) is 7.54. The lowest BCUT2D eigenvalue weighted by molar-refractivity contribution is -0.129. The van der Waals surface area contributed by atoms with Crippen molar-refractivity contribution in [3.8, 4) is 0 Å². The lowest BCUT2D eigenvalue weighted by atomic mass is 10.2. The second-order valence-electron chi connectivity index (χ2n) is 3.70. The van der Waals surface area contributed by atoms with Crippen LogP contribution in [0.2, 0.25) is 5.02 Å². The Hall–Kier alpha value is -0.540. The predicted octanol–water partition coefficient (Wildman–Crippen LogP) is 3.47. The van der Waals surface area contributed by atoms with Gasteiger partial charge in [0.1, 0.15) is 0 Å². The molecule has 0 aliphatic carbocycles. The van der Waals surface area contributed by atoms with E-state index < -0.39 is 0 Å². The maximum Gasteiger partial charge on any atom is 0.236 e. The van der Waals surface area contributed by atoms with Gasteiger partial charge in [0, 0.05) is 18.6 Å². The largest absolute Gasteiger partial charge is 0.340 e. The SMILES string of the molecule is CCC(Br)C(=O)N(C)Cc1cccc(Cl)c1. The fourth-order valence-corrected chi connectivity index (χ4v) is 1.96. The molecule has 1 amide bonds. The van der Waals surface area contributed by atoms with Crippen LogP contribution in [0.15, 0.2) is 24.3 Å². The summed E-state index contributed by atoms with van der Waals surface area (Å²) in [5.74, 6) is 0.0995. The number of hydrogen-bond acceptors (Lipinski definition) is 1. The molecular formula is C12H15BrClNO. The molecule has 0 saturated heterocycles. The van der Waals surface area contributed by atoms with Crippen molar-refractivity contribution in [3.63, 3.8) is 0 Å². The Morgan fingerprint density at radius 3 is 2.81 bits per heavy atom. The number of rotatable bonds is 4. The molecule has 0 heterocycles. The molecule has 0 N–H and O–H groups in total.